The van der Waals surface area contributed by atoms with Crippen molar-refractivity contribution in [3.63, 3.8) is 0 Å². The van der Waals surface area contributed by atoms with Crippen molar-refractivity contribution in [2.45, 2.75) is 121 Å². The summed E-state index contributed by atoms with van der Waals surface area (Å²) in [7, 11) is 0. The lowest BCUT2D eigenvalue weighted by atomic mass is 10.0. The fraction of sp³-hybridized carbons (Fsp3) is 0.769. The number of hydrogen-bond acceptors (Lipinski definition) is 3. The van der Waals surface area contributed by atoms with E-state index in [0.29, 0.717) is 6.42 Å². The summed E-state index contributed by atoms with van der Waals surface area (Å²) in [5, 5.41) is 4.03. The Labute approximate surface area is 190 Å². The summed E-state index contributed by atoms with van der Waals surface area (Å²) in [6.45, 7) is 3.11. The maximum atomic E-state index is 11.8. The molecule has 0 bridgehead atoms. The molecule has 3 nitrogen and oxygen atoms in total. The Morgan fingerprint density at radius 2 is 1.33 bits per heavy atom. The van der Waals surface area contributed by atoms with Crippen molar-refractivity contribution in [3.8, 4) is 0 Å². The van der Waals surface area contributed by atoms with Gasteiger partial charge in [0.05, 0.1) is 5.03 Å². The minimum atomic E-state index is 0.166. The molecule has 0 unspecified atom stereocenters. The van der Waals surface area contributed by atoms with E-state index in [1.807, 2.05) is 18.2 Å². The van der Waals surface area contributed by atoms with Gasteiger partial charge >= 0.3 is 0 Å². The number of pyridine rings is 1. The molecule has 0 spiro atoms. The Morgan fingerprint density at radius 1 is 0.800 bits per heavy atom. The molecule has 0 aliphatic carbocycles. The zero-order valence-corrected chi connectivity index (χ0v) is 20.3. The van der Waals surface area contributed by atoms with Crippen molar-refractivity contribution in [2.75, 3.05) is 12.3 Å². The Kier molecular flexibility index (Phi) is 19.1. The van der Waals surface area contributed by atoms with Crippen LogP contribution in [0, 0.1) is 0 Å². The normalized spacial score (nSPS) is 11.0. The van der Waals surface area contributed by atoms with Gasteiger partial charge in [-0.3, -0.25) is 4.79 Å². The summed E-state index contributed by atoms with van der Waals surface area (Å²) in [4.78, 5) is 16.1. The first-order valence-electron chi connectivity index (χ1n) is 12.6. The van der Waals surface area contributed by atoms with E-state index < -0.39 is 0 Å². The van der Waals surface area contributed by atoms with Crippen molar-refractivity contribution in [2.24, 2.45) is 0 Å². The van der Waals surface area contributed by atoms with Gasteiger partial charge in [-0.05, 0) is 18.6 Å². The summed E-state index contributed by atoms with van der Waals surface area (Å²) >= 11 is 1.64. The monoisotopic (exact) mass is 434 g/mol. The van der Waals surface area contributed by atoms with Crippen LogP contribution in [0.25, 0.3) is 0 Å². The van der Waals surface area contributed by atoms with E-state index in [4.69, 9.17) is 0 Å². The van der Waals surface area contributed by atoms with E-state index in [1.165, 1.54) is 96.3 Å². The highest BCUT2D eigenvalue weighted by atomic mass is 32.2. The molecule has 1 N–H and O–H groups in total. The van der Waals surface area contributed by atoms with Crippen molar-refractivity contribution in [1.82, 2.24) is 10.3 Å². The van der Waals surface area contributed by atoms with Crippen molar-refractivity contribution >= 4 is 17.7 Å². The van der Waals surface area contributed by atoms with Crippen molar-refractivity contribution in [1.29, 1.82) is 0 Å². The van der Waals surface area contributed by atoms with E-state index in [1.54, 1.807) is 18.0 Å². The van der Waals surface area contributed by atoms with Crippen LogP contribution >= 0.6 is 11.8 Å². The molecule has 1 amide bonds. The number of carbonyl (C=O) groups is 1. The largest absolute Gasteiger partial charge is 0.356 e. The van der Waals surface area contributed by atoms with Crippen LogP contribution in [0.3, 0.4) is 0 Å². The van der Waals surface area contributed by atoms with Gasteiger partial charge in [-0.2, -0.15) is 0 Å². The number of nitrogens with one attached hydrogen (secondary N) is 1. The first-order chi connectivity index (χ1) is 14.8. The fourth-order valence-corrected chi connectivity index (χ4v) is 4.48. The van der Waals surface area contributed by atoms with E-state index in [-0.39, 0.29) is 5.91 Å². The van der Waals surface area contributed by atoms with Crippen LogP contribution < -0.4 is 5.32 Å². The second kappa shape index (κ2) is 21.2. The number of thioether (sulfide) groups is 1. The van der Waals surface area contributed by atoms with E-state index >= 15 is 0 Å². The predicted octanol–water partition coefficient (Wildman–Crippen LogP) is 7.94. The Hall–Kier alpha value is -1.03. The van der Waals surface area contributed by atoms with Gasteiger partial charge in [0.2, 0.25) is 5.91 Å². The molecule has 0 saturated heterocycles. The third-order valence-corrected chi connectivity index (χ3v) is 6.51. The van der Waals surface area contributed by atoms with Gasteiger partial charge in [0.15, 0.2) is 0 Å². The highest BCUT2D eigenvalue weighted by Gasteiger charge is 2.02. The molecule has 0 atom stereocenters. The molecule has 4 heteroatoms. The third kappa shape index (κ3) is 17.8. The first-order valence-corrected chi connectivity index (χ1v) is 13.6. The summed E-state index contributed by atoms with van der Waals surface area (Å²) < 4.78 is 0. The maximum Gasteiger partial charge on any atom is 0.220 e. The molecule has 1 aromatic heterocycles. The third-order valence-electron chi connectivity index (χ3n) is 5.57. The maximum absolute atomic E-state index is 11.8. The van der Waals surface area contributed by atoms with Gasteiger partial charge in [-0.25, -0.2) is 4.98 Å². The Balaban J connectivity index is 1.73. The summed E-state index contributed by atoms with van der Waals surface area (Å²) in [6, 6.07) is 5.88. The molecule has 0 saturated carbocycles. The number of unbranched alkanes of at least 4 members (excludes halogenated alkanes) is 15. The number of carbonyl (C=O) groups excluding carboxylic acids is 1. The highest BCUT2D eigenvalue weighted by Crippen LogP contribution is 2.15. The number of aromatic nitrogens is 1. The van der Waals surface area contributed by atoms with Crippen LogP contribution in [0.2, 0.25) is 0 Å². The molecule has 0 aliphatic rings. The van der Waals surface area contributed by atoms with Crippen LogP contribution in [-0.2, 0) is 4.79 Å². The van der Waals surface area contributed by atoms with E-state index in [2.05, 4.69) is 17.2 Å². The molecular formula is C26H46N2OS. The predicted molar refractivity (Wildman–Crippen MR) is 132 cm³/mol. The van der Waals surface area contributed by atoms with Crippen molar-refractivity contribution in [3.05, 3.63) is 24.4 Å². The average Bonchev–Trinajstić information content (AvgIpc) is 2.76. The van der Waals surface area contributed by atoms with Crippen LogP contribution in [0.4, 0.5) is 0 Å². The van der Waals surface area contributed by atoms with Gasteiger partial charge in [-0.15, -0.1) is 11.8 Å². The zero-order chi connectivity index (χ0) is 21.5. The molecule has 172 valence electrons. The van der Waals surface area contributed by atoms with Gasteiger partial charge in [-0.1, -0.05) is 109 Å². The van der Waals surface area contributed by atoms with Crippen LogP contribution in [0.1, 0.15) is 116 Å². The minimum Gasteiger partial charge on any atom is -0.356 e. The van der Waals surface area contributed by atoms with Crippen LogP contribution in [-0.4, -0.2) is 23.2 Å². The number of rotatable bonds is 21. The number of nitrogens with zero attached hydrogens (tertiary/aromatic N) is 1. The lowest BCUT2D eigenvalue weighted by Gasteiger charge is -2.06. The van der Waals surface area contributed by atoms with Crippen molar-refractivity contribution < 1.29 is 4.79 Å². The molecular weight excluding hydrogens is 388 g/mol. The number of amides is 1. The standard InChI is InChI=1S/C26H46N2OS/c1-2-3-4-5-6-7-8-9-10-11-12-13-14-15-16-18-22-27-25(29)21-24-30-26-20-17-19-23-28-26/h17,19-20,23H,2-16,18,21-22,24H2,1H3,(H,27,29). The smallest absolute Gasteiger partial charge is 0.220 e. The minimum absolute atomic E-state index is 0.166. The van der Waals surface area contributed by atoms with Crippen LogP contribution in [0.5, 0.6) is 0 Å². The zero-order valence-electron chi connectivity index (χ0n) is 19.5. The lowest BCUT2D eigenvalue weighted by Crippen LogP contribution is -2.24. The topological polar surface area (TPSA) is 42.0 Å². The van der Waals surface area contributed by atoms with E-state index in [9.17, 15) is 4.79 Å². The average molecular weight is 435 g/mol. The quantitative estimate of drug-likeness (QED) is 0.158. The van der Waals surface area contributed by atoms with Gasteiger partial charge in [0.25, 0.3) is 0 Å². The number of hydrogen-bond donors (Lipinski definition) is 1. The molecule has 0 radical (unpaired) electrons. The van der Waals surface area contributed by atoms with E-state index in [0.717, 1.165) is 23.7 Å². The molecule has 1 aromatic rings. The Morgan fingerprint density at radius 3 is 1.83 bits per heavy atom. The van der Waals surface area contributed by atoms with Gasteiger partial charge < -0.3 is 5.32 Å². The first kappa shape index (κ1) is 27.0. The molecule has 0 aromatic carbocycles. The molecule has 0 fully saturated rings. The second-order valence-electron chi connectivity index (χ2n) is 8.42. The summed E-state index contributed by atoms with van der Waals surface area (Å²) in [5.74, 6) is 0.960. The molecule has 1 rings (SSSR count). The molecule has 30 heavy (non-hydrogen) atoms. The molecule has 1 heterocycles. The SMILES string of the molecule is CCCCCCCCCCCCCCCCCCNC(=O)CCSc1ccccn1. The van der Waals surface area contributed by atoms with Crippen LogP contribution in [0.15, 0.2) is 29.4 Å². The van der Waals surface area contributed by atoms with Gasteiger partial charge in [0.1, 0.15) is 0 Å². The van der Waals surface area contributed by atoms with Gasteiger partial charge in [0, 0.05) is 24.9 Å². The Bertz CT molecular complexity index is 495. The second-order valence-corrected chi connectivity index (χ2v) is 9.53. The summed E-state index contributed by atoms with van der Waals surface area (Å²) in [5.41, 5.74) is 0. The molecule has 0 aliphatic heterocycles. The lowest BCUT2D eigenvalue weighted by molar-refractivity contribution is -0.120. The highest BCUT2D eigenvalue weighted by molar-refractivity contribution is 7.99. The fourth-order valence-electron chi connectivity index (χ4n) is 3.67. The summed E-state index contributed by atoms with van der Waals surface area (Å²) in [6.07, 6.45) is 24.4.